The molecule has 0 spiro atoms. The summed E-state index contributed by atoms with van der Waals surface area (Å²) in [4.78, 5) is 35.7. The maximum absolute atomic E-state index is 13.4. The summed E-state index contributed by atoms with van der Waals surface area (Å²) >= 11 is 0. The van der Waals surface area contributed by atoms with Gasteiger partial charge in [-0.25, -0.2) is 8.42 Å². The monoisotopic (exact) mass is 463 g/mol. The molecule has 4 bridgehead atoms. The number of rotatable bonds is 8. The van der Waals surface area contributed by atoms with Crippen molar-refractivity contribution in [3.8, 4) is 0 Å². The second-order valence-corrected chi connectivity index (χ2v) is 12.3. The smallest absolute Gasteiger partial charge is 0.289 e. The topological polar surface area (TPSA) is 149 Å². The van der Waals surface area contributed by atoms with Gasteiger partial charge in [-0.3, -0.25) is 19.7 Å². The van der Waals surface area contributed by atoms with Gasteiger partial charge in [0.15, 0.2) is 10.7 Å². The number of nitrogens with two attached hydrogens (primary N) is 1. The van der Waals surface area contributed by atoms with Gasteiger partial charge in [0.05, 0.1) is 15.9 Å². The van der Waals surface area contributed by atoms with Crippen LogP contribution in [0.25, 0.3) is 0 Å². The fourth-order valence-corrected chi connectivity index (χ4v) is 8.36. The number of para-hydroxylation sites is 1. The van der Waals surface area contributed by atoms with Gasteiger partial charge in [0.1, 0.15) is 0 Å². The van der Waals surface area contributed by atoms with Crippen LogP contribution in [0.15, 0.2) is 29.2 Å². The number of hydrogen-bond donors (Lipinski definition) is 2. The fourth-order valence-electron chi connectivity index (χ4n) is 6.79. The molecule has 32 heavy (non-hydrogen) atoms. The lowest BCUT2D eigenvalue weighted by Gasteiger charge is -2.61. The molecule has 2 unspecified atom stereocenters. The Kier molecular flexibility index (Phi) is 5.24. The van der Waals surface area contributed by atoms with E-state index in [0.717, 1.165) is 44.2 Å². The molecule has 1 aromatic carbocycles. The minimum Gasteiger partial charge on any atom is -0.369 e. The van der Waals surface area contributed by atoms with Gasteiger partial charge >= 0.3 is 0 Å². The highest BCUT2D eigenvalue weighted by atomic mass is 32.2. The first-order valence-corrected chi connectivity index (χ1v) is 12.4. The number of nitrogens with zero attached hydrogens (tertiary/aromatic N) is 1. The summed E-state index contributed by atoms with van der Waals surface area (Å²) in [5.74, 6) is 0.146. The summed E-state index contributed by atoms with van der Waals surface area (Å²) in [5.41, 5.74) is 2.86. The molecule has 2 atom stereocenters. The second-order valence-electron chi connectivity index (χ2n) is 10.7. The number of nitrogens with one attached hydrogen (secondary N) is 1. The number of ketones is 1. The number of nitro groups is 1. The molecule has 4 aliphatic carbocycles. The van der Waals surface area contributed by atoms with Crippen LogP contribution in [0.4, 0.5) is 5.69 Å². The second kappa shape index (κ2) is 7.34. The van der Waals surface area contributed by atoms with E-state index in [2.05, 4.69) is 4.72 Å². The predicted molar refractivity (Wildman–Crippen MR) is 116 cm³/mol. The standard InChI is InChI=1S/C22H29N3O6S/c1-20(2,24-32(30,31)17-6-4-3-5-16(17)25(28)29)18(26)12-21-8-14-7-15(9-21)11-22(10-14,13-21)19(23)27/h3-6,14-15,24H,7-13H2,1-2H3,(H2,23,27). The Morgan fingerprint density at radius 2 is 1.78 bits per heavy atom. The van der Waals surface area contributed by atoms with Crippen molar-refractivity contribution in [2.45, 2.75) is 69.2 Å². The molecule has 0 aliphatic heterocycles. The SMILES string of the molecule is CC(C)(NS(=O)(=O)c1ccccc1[N+](=O)[O-])C(=O)CC12CC3CC(C1)CC(C(N)=O)(C3)C2. The summed E-state index contributed by atoms with van der Waals surface area (Å²) in [6, 6.07) is 5.04. The van der Waals surface area contributed by atoms with E-state index in [9.17, 15) is 28.1 Å². The van der Waals surface area contributed by atoms with Gasteiger partial charge in [0.2, 0.25) is 15.9 Å². The van der Waals surface area contributed by atoms with E-state index in [1.54, 1.807) is 0 Å². The van der Waals surface area contributed by atoms with Crippen molar-refractivity contribution >= 4 is 27.4 Å². The van der Waals surface area contributed by atoms with Crippen molar-refractivity contribution in [2.75, 3.05) is 0 Å². The first kappa shape index (κ1) is 22.8. The normalized spacial score (nSPS) is 31.4. The van der Waals surface area contributed by atoms with Crippen LogP contribution in [0.1, 0.15) is 58.8 Å². The van der Waals surface area contributed by atoms with Crippen molar-refractivity contribution in [3.05, 3.63) is 34.4 Å². The molecule has 4 saturated carbocycles. The molecule has 5 rings (SSSR count). The molecule has 0 radical (unpaired) electrons. The van der Waals surface area contributed by atoms with E-state index in [-0.39, 0.29) is 23.5 Å². The summed E-state index contributed by atoms with van der Waals surface area (Å²) < 4.78 is 28.3. The largest absolute Gasteiger partial charge is 0.369 e. The minimum absolute atomic E-state index is 0.154. The number of primary amides is 1. The highest BCUT2D eigenvalue weighted by Gasteiger charge is 2.60. The van der Waals surface area contributed by atoms with Crippen molar-refractivity contribution in [2.24, 2.45) is 28.4 Å². The van der Waals surface area contributed by atoms with Gasteiger partial charge in [0.25, 0.3) is 5.69 Å². The molecule has 174 valence electrons. The number of carbonyl (C=O) groups is 2. The quantitative estimate of drug-likeness (QED) is 0.447. The number of amides is 1. The average molecular weight is 464 g/mol. The molecular formula is C22H29N3O6S. The predicted octanol–water partition coefficient (Wildman–Crippen LogP) is 2.68. The highest BCUT2D eigenvalue weighted by molar-refractivity contribution is 7.89. The van der Waals surface area contributed by atoms with Gasteiger partial charge in [-0.15, -0.1) is 0 Å². The number of nitro benzene ring substituents is 1. The van der Waals surface area contributed by atoms with Crippen LogP contribution in [0.5, 0.6) is 0 Å². The van der Waals surface area contributed by atoms with Crippen molar-refractivity contribution < 1.29 is 22.9 Å². The zero-order valence-corrected chi connectivity index (χ0v) is 19.1. The van der Waals surface area contributed by atoms with E-state index in [0.29, 0.717) is 18.3 Å². The molecule has 10 heteroatoms. The molecule has 3 N–H and O–H groups in total. The first-order chi connectivity index (χ1) is 14.8. The molecule has 0 aromatic heterocycles. The Bertz CT molecular complexity index is 1080. The first-order valence-electron chi connectivity index (χ1n) is 10.9. The Morgan fingerprint density at radius 3 is 2.34 bits per heavy atom. The van der Waals surface area contributed by atoms with Crippen LogP contribution in [0.2, 0.25) is 0 Å². The third kappa shape index (κ3) is 3.83. The zero-order chi connectivity index (χ0) is 23.5. The maximum Gasteiger partial charge on any atom is 0.289 e. The third-order valence-corrected chi connectivity index (χ3v) is 9.38. The highest BCUT2D eigenvalue weighted by Crippen LogP contribution is 2.66. The van der Waals surface area contributed by atoms with E-state index >= 15 is 0 Å². The van der Waals surface area contributed by atoms with Gasteiger partial charge in [-0.2, -0.15) is 4.72 Å². The van der Waals surface area contributed by atoms with Crippen LogP contribution in [0, 0.1) is 32.8 Å². The molecule has 4 fully saturated rings. The number of sulfonamides is 1. The number of Topliss-reactive ketones (excluding diaryl/α,β-unsaturated/α-hetero) is 1. The van der Waals surface area contributed by atoms with Crippen molar-refractivity contribution in [1.82, 2.24) is 4.72 Å². The Hall–Kier alpha value is -2.33. The number of carbonyl (C=O) groups excluding carboxylic acids is 2. The molecule has 4 aliphatic rings. The van der Waals surface area contributed by atoms with Crippen LogP contribution < -0.4 is 10.5 Å². The molecular weight excluding hydrogens is 434 g/mol. The molecule has 1 amide bonds. The molecule has 0 heterocycles. The van der Waals surface area contributed by atoms with E-state index in [1.807, 2.05) is 0 Å². The molecule has 0 saturated heterocycles. The van der Waals surface area contributed by atoms with Gasteiger partial charge in [-0.1, -0.05) is 12.1 Å². The summed E-state index contributed by atoms with van der Waals surface area (Å²) in [5, 5.41) is 11.3. The molecule has 9 nitrogen and oxygen atoms in total. The van der Waals surface area contributed by atoms with Crippen molar-refractivity contribution in [3.63, 3.8) is 0 Å². The van der Waals surface area contributed by atoms with Crippen LogP contribution in [-0.4, -0.2) is 30.6 Å². The summed E-state index contributed by atoms with van der Waals surface area (Å²) in [6.45, 7) is 2.96. The van der Waals surface area contributed by atoms with Gasteiger partial charge < -0.3 is 5.73 Å². The van der Waals surface area contributed by atoms with E-state index in [1.165, 1.54) is 26.0 Å². The lowest BCUT2D eigenvalue weighted by molar-refractivity contribution is -0.387. The van der Waals surface area contributed by atoms with Crippen molar-refractivity contribution in [1.29, 1.82) is 0 Å². The lowest BCUT2D eigenvalue weighted by atomic mass is 9.43. The zero-order valence-electron chi connectivity index (χ0n) is 18.3. The maximum atomic E-state index is 13.4. The van der Waals surface area contributed by atoms with Crippen LogP contribution in [-0.2, 0) is 19.6 Å². The third-order valence-electron chi connectivity index (χ3n) is 7.68. The minimum atomic E-state index is -4.32. The average Bonchev–Trinajstić information content (AvgIpc) is 2.65. The molecule has 1 aromatic rings. The van der Waals surface area contributed by atoms with Crippen LogP contribution in [0.3, 0.4) is 0 Å². The number of benzene rings is 1. The fraction of sp³-hybridized carbons (Fsp3) is 0.636. The Balaban J connectivity index is 1.56. The number of hydrogen-bond acceptors (Lipinski definition) is 6. The lowest BCUT2D eigenvalue weighted by Crippen LogP contribution is -2.58. The van der Waals surface area contributed by atoms with E-state index < -0.39 is 36.5 Å². The van der Waals surface area contributed by atoms with Crippen LogP contribution >= 0.6 is 0 Å². The summed E-state index contributed by atoms with van der Waals surface area (Å²) in [7, 11) is -4.32. The Morgan fingerprint density at radius 1 is 1.19 bits per heavy atom. The Labute approximate surface area is 187 Å². The van der Waals surface area contributed by atoms with Gasteiger partial charge in [0, 0.05) is 12.5 Å². The summed E-state index contributed by atoms with van der Waals surface area (Å²) in [6.07, 6.45) is 5.03. The van der Waals surface area contributed by atoms with Gasteiger partial charge in [-0.05, 0) is 75.7 Å². The van der Waals surface area contributed by atoms with E-state index in [4.69, 9.17) is 5.73 Å².